The van der Waals surface area contributed by atoms with E-state index >= 15 is 0 Å². The molecule has 0 amide bonds. The molecule has 8 nitrogen and oxygen atoms in total. The molecule has 0 radical (unpaired) electrons. The molecule has 2 fully saturated rings. The second-order valence-corrected chi connectivity index (χ2v) is 7.05. The highest BCUT2D eigenvalue weighted by atomic mass is 16.8. The normalized spacial score (nSPS) is 30.0. The van der Waals surface area contributed by atoms with E-state index in [1.54, 1.807) is 13.8 Å². The van der Waals surface area contributed by atoms with Gasteiger partial charge in [0.25, 0.3) is 0 Å². The number of hydrogen-bond acceptors (Lipinski definition) is 8. The Bertz CT molecular complexity index is 539. The van der Waals surface area contributed by atoms with Crippen molar-refractivity contribution in [2.24, 2.45) is 0 Å². The van der Waals surface area contributed by atoms with Gasteiger partial charge in [0.2, 0.25) is 0 Å². The first-order valence-electron chi connectivity index (χ1n) is 8.15. The topological polar surface area (TPSA) is 89.5 Å². The number of ether oxygens (including phenoxy) is 6. The fourth-order valence-corrected chi connectivity index (χ4v) is 2.65. The molecule has 2 saturated heterocycles. The minimum atomic E-state index is -0.829. The monoisotopic (exact) mass is 358 g/mol. The zero-order chi connectivity index (χ0) is 18.8. The Morgan fingerprint density at radius 2 is 1.76 bits per heavy atom. The minimum absolute atomic E-state index is 0.0438. The van der Waals surface area contributed by atoms with Crippen molar-refractivity contribution < 1.29 is 38.0 Å². The van der Waals surface area contributed by atoms with Crippen LogP contribution in [0.4, 0.5) is 0 Å². The van der Waals surface area contributed by atoms with Gasteiger partial charge in [-0.25, -0.2) is 9.59 Å². The second-order valence-electron chi connectivity index (χ2n) is 7.05. The lowest BCUT2D eigenvalue weighted by atomic mass is 10.1. The summed E-state index contributed by atoms with van der Waals surface area (Å²) in [4.78, 5) is 23.0. The average Bonchev–Trinajstić information content (AvgIpc) is 3.01. The average molecular weight is 358 g/mol. The first-order chi connectivity index (χ1) is 11.5. The van der Waals surface area contributed by atoms with Crippen LogP contribution in [0.25, 0.3) is 0 Å². The third kappa shape index (κ3) is 5.50. The van der Waals surface area contributed by atoms with E-state index in [1.165, 1.54) is 6.92 Å². The molecule has 3 atom stereocenters. The van der Waals surface area contributed by atoms with Gasteiger partial charge in [-0.15, -0.1) is 0 Å². The molecule has 0 aliphatic carbocycles. The number of esters is 2. The van der Waals surface area contributed by atoms with Crippen LogP contribution in [0.5, 0.6) is 0 Å². The fourth-order valence-electron chi connectivity index (χ4n) is 2.65. The van der Waals surface area contributed by atoms with Crippen molar-refractivity contribution in [3.63, 3.8) is 0 Å². The minimum Gasteiger partial charge on any atom is -0.460 e. The molecule has 2 aliphatic heterocycles. The summed E-state index contributed by atoms with van der Waals surface area (Å²) < 4.78 is 33.0. The van der Waals surface area contributed by atoms with Crippen LogP contribution < -0.4 is 0 Å². The number of hydrogen-bond donors (Lipinski definition) is 0. The highest BCUT2D eigenvalue weighted by molar-refractivity contribution is 5.88. The smallest absolute Gasteiger partial charge is 0.344 e. The Morgan fingerprint density at radius 1 is 1.08 bits per heavy atom. The lowest BCUT2D eigenvalue weighted by molar-refractivity contribution is -0.175. The molecule has 0 aromatic carbocycles. The van der Waals surface area contributed by atoms with Crippen LogP contribution >= 0.6 is 0 Å². The van der Waals surface area contributed by atoms with Crippen LogP contribution in [-0.4, -0.2) is 61.6 Å². The van der Waals surface area contributed by atoms with Crippen molar-refractivity contribution in [2.75, 3.05) is 19.8 Å². The van der Waals surface area contributed by atoms with Crippen molar-refractivity contribution in [3.8, 4) is 0 Å². The molecule has 142 valence electrons. The SMILES string of the molecule is C=C(C)C(=O)OCC(=O)OCC1OC(C)(C)OC1C1COC(C)(C)O1. The van der Waals surface area contributed by atoms with Gasteiger partial charge < -0.3 is 28.4 Å². The molecule has 0 saturated carbocycles. The van der Waals surface area contributed by atoms with Gasteiger partial charge in [0, 0.05) is 5.57 Å². The maximum Gasteiger partial charge on any atom is 0.344 e. The summed E-state index contributed by atoms with van der Waals surface area (Å²) in [5, 5.41) is 0. The Balaban J connectivity index is 1.87. The first kappa shape index (κ1) is 19.8. The predicted molar refractivity (Wildman–Crippen MR) is 85.5 cm³/mol. The first-order valence-corrected chi connectivity index (χ1v) is 8.15. The van der Waals surface area contributed by atoms with Gasteiger partial charge >= 0.3 is 11.9 Å². The zero-order valence-electron chi connectivity index (χ0n) is 15.3. The summed E-state index contributed by atoms with van der Waals surface area (Å²) in [7, 11) is 0. The van der Waals surface area contributed by atoms with Crippen LogP contribution in [0.1, 0.15) is 34.6 Å². The summed E-state index contributed by atoms with van der Waals surface area (Å²) >= 11 is 0. The van der Waals surface area contributed by atoms with Crippen molar-refractivity contribution >= 4 is 11.9 Å². The van der Waals surface area contributed by atoms with E-state index in [2.05, 4.69) is 6.58 Å². The molecule has 0 bridgehead atoms. The van der Waals surface area contributed by atoms with E-state index in [4.69, 9.17) is 28.4 Å². The summed E-state index contributed by atoms with van der Waals surface area (Å²) in [6, 6.07) is 0. The highest BCUT2D eigenvalue weighted by Crippen LogP contribution is 2.35. The summed E-state index contributed by atoms with van der Waals surface area (Å²) in [6.45, 7) is 11.9. The maximum absolute atomic E-state index is 11.7. The Kier molecular flexibility index (Phi) is 5.88. The maximum atomic E-state index is 11.7. The quantitative estimate of drug-likeness (QED) is 0.519. The van der Waals surface area contributed by atoms with Crippen LogP contribution in [0, 0.1) is 0 Å². The molecule has 2 aliphatic rings. The lowest BCUT2D eigenvalue weighted by Gasteiger charge is -2.23. The van der Waals surface area contributed by atoms with Gasteiger partial charge in [0.1, 0.15) is 24.9 Å². The van der Waals surface area contributed by atoms with E-state index in [0.717, 1.165) is 0 Å². The summed E-state index contributed by atoms with van der Waals surface area (Å²) in [5.74, 6) is -2.84. The Labute approximate surface area is 147 Å². The number of rotatable bonds is 6. The van der Waals surface area contributed by atoms with Crippen LogP contribution in [0.3, 0.4) is 0 Å². The zero-order valence-corrected chi connectivity index (χ0v) is 15.3. The molecule has 8 heteroatoms. The lowest BCUT2D eigenvalue weighted by Crippen LogP contribution is -2.40. The molecule has 3 unspecified atom stereocenters. The van der Waals surface area contributed by atoms with Crippen LogP contribution in [-0.2, 0) is 38.0 Å². The molecule has 0 N–H and O–H groups in total. The molecular weight excluding hydrogens is 332 g/mol. The van der Waals surface area contributed by atoms with Gasteiger partial charge in [-0.1, -0.05) is 6.58 Å². The molecular formula is C17H26O8. The molecule has 25 heavy (non-hydrogen) atoms. The highest BCUT2D eigenvalue weighted by Gasteiger charge is 2.50. The number of carbonyl (C=O) groups is 2. The van der Waals surface area contributed by atoms with E-state index in [9.17, 15) is 9.59 Å². The van der Waals surface area contributed by atoms with Gasteiger partial charge in [0.05, 0.1) is 6.61 Å². The third-order valence-corrected chi connectivity index (χ3v) is 3.70. The van der Waals surface area contributed by atoms with Crippen molar-refractivity contribution in [1.82, 2.24) is 0 Å². The van der Waals surface area contributed by atoms with E-state index in [-0.39, 0.29) is 18.3 Å². The number of carbonyl (C=O) groups excluding carboxylic acids is 2. The standard InChI is InChI=1S/C17H26O8/c1-10(2)15(19)21-9-13(18)20-7-11-14(25-17(5,6)24-11)12-8-22-16(3,4)23-12/h11-12,14H,1,7-9H2,2-6H3. The van der Waals surface area contributed by atoms with Gasteiger partial charge in [-0.3, -0.25) is 0 Å². The van der Waals surface area contributed by atoms with E-state index in [0.29, 0.717) is 6.61 Å². The Morgan fingerprint density at radius 3 is 2.32 bits per heavy atom. The van der Waals surface area contributed by atoms with Crippen molar-refractivity contribution in [2.45, 2.75) is 64.5 Å². The molecule has 0 aromatic rings. The summed E-state index contributed by atoms with van der Waals surface area (Å²) in [6.07, 6.45) is -1.29. The Hall–Kier alpha value is -1.48. The fraction of sp³-hybridized carbons (Fsp3) is 0.765. The van der Waals surface area contributed by atoms with Crippen molar-refractivity contribution in [1.29, 1.82) is 0 Å². The van der Waals surface area contributed by atoms with Gasteiger partial charge in [0.15, 0.2) is 18.2 Å². The predicted octanol–water partition coefficient (Wildman–Crippen LogP) is 1.32. The van der Waals surface area contributed by atoms with Crippen molar-refractivity contribution in [3.05, 3.63) is 12.2 Å². The summed E-state index contributed by atoms with van der Waals surface area (Å²) in [5.41, 5.74) is 0.211. The van der Waals surface area contributed by atoms with Gasteiger partial charge in [-0.05, 0) is 34.6 Å². The second kappa shape index (κ2) is 7.41. The molecule has 0 aromatic heterocycles. The van der Waals surface area contributed by atoms with E-state index in [1.807, 2.05) is 13.8 Å². The molecule has 2 heterocycles. The van der Waals surface area contributed by atoms with Crippen LogP contribution in [0.15, 0.2) is 12.2 Å². The third-order valence-electron chi connectivity index (χ3n) is 3.70. The van der Waals surface area contributed by atoms with Gasteiger partial charge in [-0.2, -0.15) is 0 Å². The van der Waals surface area contributed by atoms with Crippen LogP contribution in [0.2, 0.25) is 0 Å². The largest absolute Gasteiger partial charge is 0.460 e. The molecule has 0 spiro atoms. The van der Waals surface area contributed by atoms with E-state index < -0.39 is 42.3 Å². The molecule has 2 rings (SSSR count).